The first-order chi connectivity index (χ1) is 7.45. The molecule has 0 spiro atoms. The van der Waals surface area contributed by atoms with Crippen LogP contribution in [0.15, 0.2) is 12.2 Å². The summed E-state index contributed by atoms with van der Waals surface area (Å²) in [5, 5.41) is 0. The number of rotatable bonds is 8. The van der Waals surface area contributed by atoms with Crippen LogP contribution in [-0.2, 0) is 18.4 Å². The molecule has 16 heavy (non-hydrogen) atoms. The smallest absolute Gasteiger partial charge is 0.334 e. The maximum Gasteiger partial charge on any atom is 0.334 e. The molecule has 0 rings (SSSR count). The summed E-state index contributed by atoms with van der Waals surface area (Å²) in [6, 6.07) is 0.820. The van der Waals surface area contributed by atoms with Crippen LogP contribution in [0.25, 0.3) is 0 Å². The molecule has 0 fully saturated rings. The summed E-state index contributed by atoms with van der Waals surface area (Å²) >= 11 is 0. The zero-order valence-electron chi connectivity index (χ0n) is 10.7. The number of ether oxygens (including phenoxy) is 1. The lowest BCUT2D eigenvalue weighted by molar-refractivity contribution is -0.138. The minimum atomic E-state index is -2.04. The second-order valence-electron chi connectivity index (χ2n) is 3.79. The molecular weight excluding hydrogens is 224 g/mol. The third-order valence-electron chi connectivity index (χ3n) is 2.24. The molecule has 5 heteroatoms. The van der Waals surface area contributed by atoms with Gasteiger partial charge in [0.15, 0.2) is 0 Å². The summed E-state index contributed by atoms with van der Waals surface area (Å²) in [5.74, 6) is -0.336. The van der Waals surface area contributed by atoms with Gasteiger partial charge >= 0.3 is 14.5 Å². The van der Waals surface area contributed by atoms with Gasteiger partial charge in [-0.3, -0.25) is 0 Å². The maximum atomic E-state index is 11.1. The topological polar surface area (TPSA) is 44.8 Å². The Morgan fingerprint density at radius 3 is 2.50 bits per heavy atom. The van der Waals surface area contributed by atoms with Gasteiger partial charge < -0.3 is 13.6 Å². The van der Waals surface area contributed by atoms with Gasteiger partial charge in [0.25, 0.3) is 0 Å². The molecule has 0 aromatic rings. The van der Waals surface area contributed by atoms with E-state index in [1.807, 2.05) is 13.5 Å². The third kappa shape index (κ3) is 6.04. The molecule has 0 aliphatic rings. The molecule has 0 aliphatic heterocycles. The zero-order valence-corrected chi connectivity index (χ0v) is 11.7. The second kappa shape index (κ2) is 7.59. The molecule has 1 atom stereocenters. The van der Waals surface area contributed by atoms with Gasteiger partial charge in [-0.1, -0.05) is 6.58 Å². The summed E-state index contributed by atoms with van der Waals surface area (Å²) in [6.07, 6.45) is 0.760. The molecule has 0 bridgehead atoms. The maximum absolute atomic E-state index is 11.1. The highest BCUT2D eigenvalue weighted by Crippen LogP contribution is 2.14. The summed E-state index contributed by atoms with van der Waals surface area (Å²) < 4.78 is 16.0. The van der Waals surface area contributed by atoms with Crippen molar-refractivity contribution in [1.82, 2.24) is 0 Å². The average Bonchev–Trinajstić information content (AvgIpc) is 2.24. The molecular formula is C11H22O4Si. The van der Waals surface area contributed by atoms with E-state index in [4.69, 9.17) is 13.6 Å². The molecule has 4 nitrogen and oxygen atoms in total. The number of esters is 1. The molecule has 0 N–H and O–H groups in total. The Kier molecular flexibility index (Phi) is 7.28. The number of carbonyl (C=O) groups excluding carboxylic acids is 1. The van der Waals surface area contributed by atoms with Crippen LogP contribution >= 0.6 is 0 Å². The quantitative estimate of drug-likeness (QED) is 0.285. The van der Waals surface area contributed by atoms with Gasteiger partial charge in [-0.05, 0) is 32.9 Å². The van der Waals surface area contributed by atoms with Crippen LogP contribution in [0.2, 0.25) is 12.6 Å². The lowest BCUT2D eigenvalue weighted by atomic mass is 10.4. The van der Waals surface area contributed by atoms with Gasteiger partial charge in [-0.25, -0.2) is 4.79 Å². The molecule has 1 unspecified atom stereocenters. The highest BCUT2D eigenvalue weighted by molar-refractivity contribution is 6.65. The first-order valence-electron chi connectivity index (χ1n) is 5.47. The van der Waals surface area contributed by atoms with E-state index in [0.717, 1.165) is 12.5 Å². The highest BCUT2D eigenvalue weighted by Gasteiger charge is 2.28. The van der Waals surface area contributed by atoms with Crippen LogP contribution < -0.4 is 0 Å². The predicted octanol–water partition coefficient (Wildman–Crippen LogP) is 2.25. The van der Waals surface area contributed by atoms with Crippen molar-refractivity contribution in [2.24, 2.45) is 0 Å². The van der Waals surface area contributed by atoms with Crippen molar-refractivity contribution < 1.29 is 18.4 Å². The third-order valence-corrected chi connectivity index (χ3v) is 5.26. The van der Waals surface area contributed by atoms with Crippen LogP contribution in [0.4, 0.5) is 0 Å². The van der Waals surface area contributed by atoms with Crippen LogP contribution in [0.1, 0.15) is 20.3 Å². The van der Waals surface area contributed by atoms with Gasteiger partial charge in [0, 0.05) is 19.3 Å². The van der Waals surface area contributed by atoms with Crippen LogP contribution in [0.5, 0.6) is 0 Å². The van der Waals surface area contributed by atoms with Crippen molar-refractivity contribution in [3.8, 4) is 0 Å². The van der Waals surface area contributed by atoms with E-state index < -0.39 is 8.56 Å². The molecule has 0 amide bonds. The van der Waals surface area contributed by atoms with Gasteiger partial charge in [-0.15, -0.1) is 0 Å². The summed E-state index contributed by atoms with van der Waals surface area (Å²) in [7, 11) is -0.368. The van der Waals surface area contributed by atoms with Crippen molar-refractivity contribution in [3.63, 3.8) is 0 Å². The largest absolute Gasteiger partial charge is 0.462 e. The fourth-order valence-corrected chi connectivity index (χ4v) is 3.08. The van der Waals surface area contributed by atoms with Crippen LogP contribution in [0.3, 0.4) is 0 Å². The monoisotopic (exact) mass is 246 g/mol. The van der Waals surface area contributed by atoms with E-state index in [0.29, 0.717) is 18.8 Å². The highest BCUT2D eigenvalue weighted by atomic mass is 28.4. The Labute approximate surface area is 98.8 Å². The summed E-state index contributed by atoms with van der Waals surface area (Å²) in [4.78, 5) is 11.1. The minimum absolute atomic E-state index is 0.336. The summed E-state index contributed by atoms with van der Waals surface area (Å²) in [5.41, 5.74) is 0.427. The summed E-state index contributed by atoms with van der Waals surface area (Å²) in [6.45, 7) is 10.2. The Bertz CT molecular complexity index is 242. The molecule has 0 aromatic carbocycles. The van der Waals surface area contributed by atoms with E-state index in [1.165, 1.54) is 0 Å². The fourth-order valence-electron chi connectivity index (χ4n) is 1.22. The number of hydrogen-bond donors (Lipinski definition) is 0. The van der Waals surface area contributed by atoms with Crippen molar-refractivity contribution in [1.29, 1.82) is 0 Å². The van der Waals surface area contributed by atoms with Gasteiger partial charge in [0.05, 0.1) is 6.61 Å². The van der Waals surface area contributed by atoms with Crippen molar-refractivity contribution in [3.05, 3.63) is 12.2 Å². The van der Waals surface area contributed by atoms with Crippen LogP contribution in [-0.4, -0.2) is 34.9 Å². The first kappa shape index (κ1) is 15.3. The molecule has 0 aliphatic carbocycles. The van der Waals surface area contributed by atoms with Gasteiger partial charge in [-0.2, -0.15) is 0 Å². The van der Waals surface area contributed by atoms with E-state index in [2.05, 4.69) is 6.58 Å². The lowest BCUT2D eigenvalue weighted by Gasteiger charge is -2.24. The van der Waals surface area contributed by atoms with E-state index in [1.54, 1.807) is 14.0 Å². The molecule has 0 aromatic heterocycles. The van der Waals surface area contributed by atoms with E-state index in [-0.39, 0.29) is 5.97 Å². The lowest BCUT2D eigenvalue weighted by Crippen LogP contribution is -2.37. The standard InChI is InChI=1S/C11H22O4Si/c1-6-15-16(5,13-4)9-7-8-14-11(12)10(2)3/h2,6-9H2,1,3-5H3. The van der Waals surface area contributed by atoms with E-state index in [9.17, 15) is 4.79 Å². The SMILES string of the molecule is C=C(C)C(=O)OCCC[Si](C)(OC)OCC. The molecule has 0 radical (unpaired) electrons. The number of carbonyl (C=O) groups is 1. The predicted molar refractivity (Wildman–Crippen MR) is 65.5 cm³/mol. The van der Waals surface area contributed by atoms with Gasteiger partial charge in [0.1, 0.15) is 0 Å². The second-order valence-corrected chi connectivity index (χ2v) is 7.26. The fraction of sp³-hybridized carbons (Fsp3) is 0.727. The Hall–Kier alpha value is -0.653. The average molecular weight is 246 g/mol. The zero-order chi connectivity index (χ0) is 12.6. The molecule has 94 valence electrons. The molecule has 0 heterocycles. The normalized spacial score (nSPS) is 14.2. The van der Waals surface area contributed by atoms with Crippen molar-refractivity contribution >= 4 is 14.5 Å². The first-order valence-corrected chi connectivity index (χ1v) is 7.99. The molecule has 0 saturated heterocycles. The minimum Gasteiger partial charge on any atom is -0.462 e. The number of hydrogen-bond acceptors (Lipinski definition) is 4. The van der Waals surface area contributed by atoms with Crippen molar-refractivity contribution in [2.45, 2.75) is 32.9 Å². The Balaban J connectivity index is 3.79. The Morgan fingerprint density at radius 2 is 2.06 bits per heavy atom. The van der Waals surface area contributed by atoms with Gasteiger partial charge in [0.2, 0.25) is 0 Å². The molecule has 0 saturated carbocycles. The van der Waals surface area contributed by atoms with E-state index >= 15 is 0 Å². The van der Waals surface area contributed by atoms with Crippen LogP contribution in [0, 0.1) is 0 Å². The Morgan fingerprint density at radius 1 is 1.44 bits per heavy atom. The van der Waals surface area contributed by atoms with Crippen molar-refractivity contribution in [2.75, 3.05) is 20.3 Å².